The van der Waals surface area contributed by atoms with E-state index < -0.39 is 35.8 Å². The van der Waals surface area contributed by atoms with E-state index in [-0.39, 0.29) is 5.92 Å². The molecule has 0 aliphatic heterocycles. The lowest BCUT2D eigenvalue weighted by Crippen LogP contribution is -2.28. The van der Waals surface area contributed by atoms with Crippen LogP contribution in [0.25, 0.3) is 0 Å². The molecule has 1 aromatic carbocycles. The highest BCUT2D eigenvalue weighted by Gasteiger charge is 2.27. The van der Waals surface area contributed by atoms with Gasteiger partial charge in [-0.2, -0.15) is 0 Å². The first-order valence-corrected chi connectivity index (χ1v) is 5.98. The Labute approximate surface area is 108 Å². The molecule has 0 aromatic heterocycles. The molecule has 1 aliphatic rings. The van der Waals surface area contributed by atoms with Gasteiger partial charge < -0.3 is 10.1 Å². The van der Waals surface area contributed by atoms with Crippen LogP contribution in [0, 0.1) is 17.6 Å². The lowest BCUT2D eigenvalue weighted by molar-refractivity contribution is -0.154. The Hall–Kier alpha value is -1.98. The predicted octanol–water partition coefficient (Wildman–Crippen LogP) is 2.25. The molecule has 2 rings (SSSR count). The number of esters is 1. The lowest BCUT2D eigenvalue weighted by atomic mass is 9.86. The van der Waals surface area contributed by atoms with Gasteiger partial charge in [0.2, 0.25) is 0 Å². The van der Waals surface area contributed by atoms with Gasteiger partial charge in [0.15, 0.2) is 6.61 Å². The van der Waals surface area contributed by atoms with E-state index in [1.165, 1.54) is 6.07 Å². The third kappa shape index (κ3) is 3.27. The number of hydrogen-bond acceptors (Lipinski definition) is 3. The van der Waals surface area contributed by atoms with Gasteiger partial charge in [-0.25, -0.2) is 8.78 Å². The molecule has 0 spiro atoms. The van der Waals surface area contributed by atoms with Gasteiger partial charge in [0, 0.05) is 0 Å². The van der Waals surface area contributed by atoms with E-state index >= 15 is 0 Å². The number of nitrogens with one attached hydrogen (secondary N) is 1. The number of halogens is 2. The van der Waals surface area contributed by atoms with E-state index in [1.54, 1.807) is 0 Å². The molecule has 0 bridgehead atoms. The van der Waals surface area contributed by atoms with Gasteiger partial charge in [-0.1, -0.05) is 12.5 Å². The van der Waals surface area contributed by atoms with Crippen molar-refractivity contribution in [3.63, 3.8) is 0 Å². The maximum atomic E-state index is 13.2. The SMILES string of the molecule is O=C(COC(=O)C1CCC1)Nc1c(F)cccc1F. The van der Waals surface area contributed by atoms with E-state index in [2.05, 4.69) is 0 Å². The first kappa shape index (κ1) is 13.5. The van der Waals surface area contributed by atoms with E-state index in [9.17, 15) is 18.4 Å². The molecule has 0 radical (unpaired) electrons. The fraction of sp³-hybridized carbons (Fsp3) is 0.385. The van der Waals surface area contributed by atoms with Crippen LogP contribution >= 0.6 is 0 Å². The third-order valence-electron chi connectivity index (χ3n) is 3.01. The van der Waals surface area contributed by atoms with Crippen LogP contribution in [-0.2, 0) is 14.3 Å². The second-order valence-electron chi connectivity index (χ2n) is 4.38. The zero-order valence-corrected chi connectivity index (χ0v) is 10.1. The number of hydrogen-bond donors (Lipinski definition) is 1. The topological polar surface area (TPSA) is 55.4 Å². The Kier molecular flexibility index (Phi) is 4.09. The number of rotatable bonds is 4. The van der Waals surface area contributed by atoms with E-state index in [1.807, 2.05) is 5.32 Å². The molecule has 0 heterocycles. The van der Waals surface area contributed by atoms with Crippen molar-refractivity contribution in [1.82, 2.24) is 0 Å². The van der Waals surface area contributed by atoms with Gasteiger partial charge in [-0.05, 0) is 25.0 Å². The first-order chi connectivity index (χ1) is 9.08. The first-order valence-electron chi connectivity index (χ1n) is 5.98. The lowest BCUT2D eigenvalue weighted by Gasteiger charge is -2.22. The third-order valence-corrected chi connectivity index (χ3v) is 3.01. The van der Waals surface area contributed by atoms with Crippen molar-refractivity contribution < 1.29 is 23.1 Å². The van der Waals surface area contributed by atoms with Gasteiger partial charge >= 0.3 is 5.97 Å². The Bertz CT molecular complexity index is 480. The molecule has 1 aromatic rings. The summed E-state index contributed by atoms with van der Waals surface area (Å²) in [6.07, 6.45) is 2.51. The number of ether oxygens (including phenoxy) is 1. The summed E-state index contributed by atoms with van der Waals surface area (Å²) in [4.78, 5) is 22.8. The fourth-order valence-corrected chi connectivity index (χ4v) is 1.69. The molecule has 0 atom stereocenters. The molecule has 4 nitrogen and oxygen atoms in total. The predicted molar refractivity (Wildman–Crippen MR) is 63.3 cm³/mol. The summed E-state index contributed by atoms with van der Waals surface area (Å²) in [6.45, 7) is -0.539. The second kappa shape index (κ2) is 5.77. The van der Waals surface area contributed by atoms with Crippen molar-refractivity contribution in [3.8, 4) is 0 Å². The highest BCUT2D eigenvalue weighted by Crippen LogP contribution is 2.27. The molecular weight excluding hydrogens is 256 g/mol. The maximum Gasteiger partial charge on any atom is 0.309 e. The highest BCUT2D eigenvalue weighted by atomic mass is 19.1. The van der Waals surface area contributed by atoms with E-state index in [0.717, 1.165) is 31.4 Å². The van der Waals surface area contributed by atoms with Crippen molar-refractivity contribution in [2.24, 2.45) is 5.92 Å². The summed E-state index contributed by atoms with van der Waals surface area (Å²) in [6, 6.07) is 3.25. The van der Waals surface area contributed by atoms with Crippen LogP contribution in [0.5, 0.6) is 0 Å². The van der Waals surface area contributed by atoms with E-state index in [0.29, 0.717) is 0 Å². The summed E-state index contributed by atoms with van der Waals surface area (Å²) in [5, 5.41) is 2.04. The number of carbonyl (C=O) groups excluding carboxylic acids is 2. The number of para-hydroxylation sites is 1. The molecule has 1 fully saturated rings. The number of carbonyl (C=O) groups is 2. The van der Waals surface area contributed by atoms with Gasteiger partial charge in [-0.3, -0.25) is 9.59 Å². The normalized spacial score (nSPS) is 14.6. The zero-order chi connectivity index (χ0) is 13.8. The minimum absolute atomic E-state index is 0.141. The summed E-state index contributed by atoms with van der Waals surface area (Å²) in [7, 11) is 0. The van der Waals surface area contributed by atoms with Crippen molar-refractivity contribution in [1.29, 1.82) is 0 Å². The molecule has 1 saturated carbocycles. The van der Waals surface area contributed by atoms with Gasteiger partial charge in [0.1, 0.15) is 17.3 Å². The second-order valence-corrected chi connectivity index (χ2v) is 4.38. The average molecular weight is 269 g/mol. The van der Waals surface area contributed by atoms with Gasteiger partial charge in [0.05, 0.1) is 5.92 Å². The largest absolute Gasteiger partial charge is 0.455 e. The van der Waals surface area contributed by atoms with Crippen molar-refractivity contribution in [2.75, 3.05) is 11.9 Å². The molecule has 6 heteroatoms. The van der Waals surface area contributed by atoms with Crippen LogP contribution < -0.4 is 5.32 Å². The van der Waals surface area contributed by atoms with Crippen molar-refractivity contribution in [2.45, 2.75) is 19.3 Å². The van der Waals surface area contributed by atoms with Crippen LogP contribution in [0.2, 0.25) is 0 Å². The molecule has 0 unspecified atom stereocenters. The van der Waals surface area contributed by atoms with Crippen LogP contribution in [0.1, 0.15) is 19.3 Å². The Morgan fingerprint density at radius 1 is 1.26 bits per heavy atom. The number of amides is 1. The van der Waals surface area contributed by atoms with Crippen LogP contribution in [0.3, 0.4) is 0 Å². The molecule has 1 amide bonds. The standard InChI is InChI=1S/C13H13F2NO3/c14-9-5-2-6-10(15)12(9)16-11(17)7-19-13(18)8-3-1-4-8/h2,5-6,8H,1,3-4,7H2,(H,16,17). The van der Waals surface area contributed by atoms with Gasteiger partial charge in [-0.15, -0.1) is 0 Å². The fourth-order valence-electron chi connectivity index (χ4n) is 1.69. The quantitative estimate of drug-likeness (QED) is 0.853. The van der Waals surface area contributed by atoms with Gasteiger partial charge in [0.25, 0.3) is 5.91 Å². The number of anilines is 1. The monoisotopic (exact) mass is 269 g/mol. The summed E-state index contributed by atoms with van der Waals surface area (Å²) < 4.78 is 31.2. The maximum absolute atomic E-state index is 13.2. The number of benzene rings is 1. The average Bonchev–Trinajstić information content (AvgIpc) is 2.29. The molecule has 1 aliphatic carbocycles. The van der Waals surface area contributed by atoms with Crippen LogP contribution in [0.4, 0.5) is 14.5 Å². The van der Waals surface area contributed by atoms with E-state index in [4.69, 9.17) is 4.74 Å². The smallest absolute Gasteiger partial charge is 0.309 e. The van der Waals surface area contributed by atoms with Crippen LogP contribution in [0.15, 0.2) is 18.2 Å². The Morgan fingerprint density at radius 3 is 2.42 bits per heavy atom. The van der Waals surface area contributed by atoms with Crippen molar-refractivity contribution in [3.05, 3.63) is 29.8 Å². The van der Waals surface area contributed by atoms with Crippen molar-refractivity contribution >= 4 is 17.6 Å². The summed E-state index contributed by atoms with van der Waals surface area (Å²) >= 11 is 0. The minimum atomic E-state index is -0.876. The molecule has 0 saturated heterocycles. The summed E-state index contributed by atoms with van der Waals surface area (Å²) in [5.41, 5.74) is -0.535. The van der Waals surface area contributed by atoms with Crippen LogP contribution in [-0.4, -0.2) is 18.5 Å². The Balaban J connectivity index is 1.85. The Morgan fingerprint density at radius 2 is 1.89 bits per heavy atom. The molecule has 1 N–H and O–H groups in total. The molecular formula is C13H13F2NO3. The minimum Gasteiger partial charge on any atom is -0.455 e. The zero-order valence-electron chi connectivity index (χ0n) is 10.1. The summed E-state index contributed by atoms with van der Waals surface area (Å²) in [5.74, 6) is -3.09. The highest BCUT2D eigenvalue weighted by molar-refractivity contribution is 5.93. The molecule has 102 valence electrons. The molecule has 19 heavy (non-hydrogen) atoms.